The molecular formula is C68H69N9O11Zn. The summed E-state index contributed by atoms with van der Waals surface area (Å²) in [5.74, 6) is 4.22. The Hall–Kier alpha value is -7.84. The molecule has 3 aromatic heterocycles. The smallest absolute Gasteiger partial charge is 0.492 e. The standard InChI is InChI=1S/C68H69N9O11.Zn/c1-7-13-27-80-55-43-37-21-23-39(86-37)45(43)57(82-29-15-9-3)51-49(55)63-70-61-35-20-19-34(77(78)79)33-36(35)62(69-61)71-64-50-52(58(83-30-16-10-4)46-40-24-22-38(87-40)44(46)56(50)81-28-14-8-2)66(73-64)75-68-54-53(67(76-68)74-65(51)72-63)59(84-31-17-11-5)47-41-25-26-42(88-41)48(47)60(54)85-32-18-12-6;/h19-26,33,37-42H,7-18,27-32H2,1-6H3;/q-2;+2/t37-,38+,39+,40-,41-,42+;/m0./s1. The molecule has 8 aliphatic heterocycles. The minimum atomic E-state index is -0.443. The molecule has 20 nitrogen and oxygen atoms in total. The van der Waals surface area contributed by atoms with Gasteiger partial charge in [-0.05, 0) is 50.0 Å². The topological polar surface area (TPSA) is 232 Å². The van der Waals surface area contributed by atoms with Gasteiger partial charge in [0, 0.05) is 84.3 Å². The first-order valence-electron chi connectivity index (χ1n) is 31.8. The van der Waals surface area contributed by atoms with Gasteiger partial charge >= 0.3 is 19.5 Å². The maximum absolute atomic E-state index is 12.7. The van der Waals surface area contributed by atoms with Crippen LogP contribution in [0.15, 0.2) is 54.7 Å². The average molecular weight is 1250 g/mol. The van der Waals surface area contributed by atoms with E-state index in [-0.39, 0.29) is 71.1 Å². The van der Waals surface area contributed by atoms with E-state index in [1.54, 1.807) is 6.07 Å². The van der Waals surface area contributed by atoms with Gasteiger partial charge < -0.3 is 72.5 Å². The van der Waals surface area contributed by atoms with Crippen molar-refractivity contribution in [3.8, 4) is 80.0 Å². The quantitative estimate of drug-likeness (QED) is 0.0170. The fourth-order valence-electron chi connectivity index (χ4n) is 13.3. The fraction of sp³-hybridized carbons (Fsp3) is 0.441. The Kier molecular flexibility index (Phi) is 16.0. The van der Waals surface area contributed by atoms with E-state index in [0.717, 1.165) is 110 Å². The number of rotatable bonds is 25. The molecule has 0 unspecified atom stereocenters. The first kappa shape index (κ1) is 58.8. The molecule has 0 spiro atoms. The van der Waals surface area contributed by atoms with E-state index in [1.165, 1.54) is 12.1 Å². The Balaban J connectivity index is 0.00000694. The van der Waals surface area contributed by atoms with E-state index >= 15 is 0 Å². The second-order valence-electron chi connectivity index (χ2n) is 23.5. The summed E-state index contributed by atoms with van der Waals surface area (Å²) in [6.45, 7) is 15.1. The van der Waals surface area contributed by atoms with Gasteiger partial charge in [0.1, 0.15) is 71.1 Å². The van der Waals surface area contributed by atoms with Crippen molar-refractivity contribution in [3.63, 3.8) is 0 Å². The van der Waals surface area contributed by atoms with Crippen LogP contribution >= 0.6 is 0 Å². The summed E-state index contributed by atoms with van der Waals surface area (Å²) >= 11 is 0. The molecule has 0 aliphatic carbocycles. The van der Waals surface area contributed by atoms with Crippen LogP contribution in [0.4, 0.5) is 5.69 Å². The maximum Gasteiger partial charge on any atom is 2.00 e. The summed E-state index contributed by atoms with van der Waals surface area (Å²) in [6, 6.07) is 4.59. The van der Waals surface area contributed by atoms with Crippen LogP contribution in [-0.2, 0) is 33.7 Å². The van der Waals surface area contributed by atoms with Crippen molar-refractivity contribution in [1.29, 1.82) is 0 Å². The molecule has 11 heterocycles. The number of aromatic nitrogens is 8. The van der Waals surface area contributed by atoms with Crippen molar-refractivity contribution in [2.45, 2.75) is 155 Å². The van der Waals surface area contributed by atoms with Crippen LogP contribution in [0, 0.1) is 10.1 Å². The molecule has 0 fully saturated rings. The summed E-state index contributed by atoms with van der Waals surface area (Å²) in [7, 11) is 0. The van der Waals surface area contributed by atoms with Gasteiger partial charge in [0.15, 0.2) is 0 Å². The predicted octanol–water partition coefficient (Wildman–Crippen LogP) is 15.2. The molecule has 0 amide bonds. The van der Waals surface area contributed by atoms with E-state index in [9.17, 15) is 10.1 Å². The van der Waals surface area contributed by atoms with Crippen molar-refractivity contribution in [2.75, 3.05) is 39.6 Å². The van der Waals surface area contributed by atoms with Gasteiger partial charge in [0.05, 0.1) is 90.1 Å². The molecule has 0 radical (unpaired) electrons. The van der Waals surface area contributed by atoms with Crippen LogP contribution in [0.2, 0.25) is 0 Å². The number of fused-ring (bicyclic) bond motifs is 35. The summed E-state index contributed by atoms with van der Waals surface area (Å²) < 4.78 is 62.4. The predicted molar refractivity (Wildman–Crippen MR) is 330 cm³/mol. The summed E-state index contributed by atoms with van der Waals surface area (Å²) in [5.41, 5.74) is 7.88. The molecule has 0 N–H and O–H groups in total. The molecule has 15 rings (SSSR count). The second kappa shape index (κ2) is 24.2. The van der Waals surface area contributed by atoms with E-state index < -0.39 is 41.5 Å². The number of nitro groups is 1. The van der Waals surface area contributed by atoms with Crippen LogP contribution in [-0.4, -0.2) is 74.5 Å². The second-order valence-corrected chi connectivity index (χ2v) is 23.5. The molecule has 21 heteroatoms. The Morgan fingerprint density at radius 3 is 1.00 bits per heavy atom. The van der Waals surface area contributed by atoms with Crippen LogP contribution in [0.1, 0.15) is 189 Å². The number of ether oxygens (including phenoxy) is 9. The van der Waals surface area contributed by atoms with E-state index in [0.29, 0.717) is 118 Å². The molecule has 8 aliphatic rings. The van der Waals surface area contributed by atoms with Crippen molar-refractivity contribution in [1.82, 2.24) is 39.9 Å². The summed E-state index contributed by atoms with van der Waals surface area (Å²) in [4.78, 5) is 56.2. The van der Waals surface area contributed by atoms with Crippen molar-refractivity contribution in [3.05, 3.63) is 98.2 Å². The van der Waals surface area contributed by atoms with Crippen molar-refractivity contribution in [2.24, 2.45) is 0 Å². The minimum Gasteiger partial charge on any atom is -0.492 e. The molecule has 7 aromatic rings. The van der Waals surface area contributed by atoms with Gasteiger partial charge in [-0.15, -0.1) is 0 Å². The Labute approximate surface area is 527 Å². The Bertz CT molecular complexity index is 4310. The number of hydrogen-bond acceptors (Lipinski definition) is 17. The van der Waals surface area contributed by atoms with Gasteiger partial charge in [-0.1, -0.05) is 117 Å². The van der Waals surface area contributed by atoms with Crippen LogP contribution in [0.5, 0.6) is 34.5 Å². The molecule has 0 saturated heterocycles. The van der Waals surface area contributed by atoms with Gasteiger partial charge in [-0.3, -0.25) is 10.1 Å². The van der Waals surface area contributed by atoms with E-state index in [1.807, 2.05) is 6.08 Å². The van der Waals surface area contributed by atoms with Crippen LogP contribution < -0.4 is 38.4 Å². The van der Waals surface area contributed by atoms with Gasteiger partial charge in [-0.2, -0.15) is 0 Å². The normalized spacial score (nSPS) is 19.4. The first-order valence-corrected chi connectivity index (χ1v) is 31.8. The fourth-order valence-corrected chi connectivity index (χ4v) is 13.3. The summed E-state index contributed by atoms with van der Waals surface area (Å²) in [6.07, 6.45) is 19.7. The zero-order valence-corrected chi connectivity index (χ0v) is 54.1. The van der Waals surface area contributed by atoms with E-state index in [2.05, 4.69) is 71.9 Å². The monoisotopic (exact) mass is 1250 g/mol. The average Bonchev–Trinajstić information content (AvgIpc) is 1.67. The molecule has 4 aromatic carbocycles. The zero-order valence-electron chi connectivity index (χ0n) is 51.1. The Morgan fingerprint density at radius 1 is 0.404 bits per heavy atom. The third-order valence-electron chi connectivity index (χ3n) is 17.6. The molecule has 6 atom stereocenters. The number of benzene rings is 4. The van der Waals surface area contributed by atoms with Crippen LogP contribution in [0.3, 0.4) is 0 Å². The van der Waals surface area contributed by atoms with Gasteiger partial charge in [0.2, 0.25) is 0 Å². The SMILES string of the molecule is CCCCOc1c2c(c(OCCCC)c3c1[C@@H]1C=C[C@H]3O1)-c1nc-2nc2[n-]c(nc3nc(nc4[n-]c(n1)c1cc([N+](=O)[O-])ccc41)-c1c(OCCCC)c4c(c(OCCCC)c1-3)[C@H]1C=C[C@@H]4O1)c1c(OCCCC)c3c(c(OCCCC)c21)[C@H]1C=C[C@@H]3O1.[Zn+2]. The Morgan fingerprint density at radius 2 is 0.685 bits per heavy atom. The van der Waals surface area contributed by atoms with Crippen LogP contribution in [0.25, 0.3) is 89.7 Å². The molecule has 14 bridgehead atoms. The number of nitro benzene ring substituents is 1. The first-order chi connectivity index (χ1) is 43.2. The van der Waals surface area contributed by atoms with Crippen molar-refractivity contribution < 1.29 is 67.0 Å². The number of hydrogen-bond donors (Lipinski definition) is 0. The third-order valence-corrected chi connectivity index (χ3v) is 17.6. The minimum absolute atomic E-state index is 0. The molecule has 454 valence electrons. The van der Waals surface area contributed by atoms with E-state index in [4.69, 9.17) is 82.5 Å². The number of non-ortho nitro benzene ring substituents is 1. The largest absolute Gasteiger partial charge is 2.00 e. The van der Waals surface area contributed by atoms with Crippen molar-refractivity contribution >= 4 is 49.8 Å². The van der Waals surface area contributed by atoms with Gasteiger partial charge in [-0.25, -0.2) is 9.97 Å². The van der Waals surface area contributed by atoms with Gasteiger partial charge in [0.25, 0.3) is 5.69 Å². The summed E-state index contributed by atoms with van der Waals surface area (Å²) in [5, 5.41) is 14.7. The molecule has 0 saturated carbocycles. The third kappa shape index (κ3) is 9.57. The maximum atomic E-state index is 12.7. The molecule has 89 heavy (non-hydrogen) atoms. The molecular weight excluding hydrogens is 1180 g/mol. The number of unbranched alkanes of at least 4 members (excludes halogenated alkanes) is 6. The number of nitrogens with zero attached hydrogens (tertiary/aromatic N) is 9. The zero-order chi connectivity index (χ0) is 59.9.